The van der Waals surface area contributed by atoms with Gasteiger partial charge in [-0.2, -0.15) is 0 Å². The number of carboxylic acids is 1. The molecule has 0 fully saturated rings. The summed E-state index contributed by atoms with van der Waals surface area (Å²) >= 11 is 0. The van der Waals surface area contributed by atoms with Crippen LogP contribution in [0.4, 0.5) is 0 Å². The second-order valence-corrected chi connectivity index (χ2v) is 2.58. The summed E-state index contributed by atoms with van der Waals surface area (Å²) in [7, 11) is 0. The first-order valence-electron chi connectivity index (χ1n) is 4.08. The molecule has 0 saturated carbocycles. The second-order valence-electron chi connectivity index (χ2n) is 2.58. The van der Waals surface area contributed by atoms with Gasteiger partial charge in [0, 0.05) is 0 Å². The second kappa shape index (κ2) is 9.14. The maximum Gasteiger partial charge on any atom is 1.00 e. The molecule has 1 aromatic rings. The molecule has 0 saturated heterocycles. The maximum absolute atomic E-state index is 10.6. The standard InChI is InChI=1S/C9H10O3.HNO2.Na.H/c1-2-6-5-7(10)3-4-8(6)9(11)12;2-1-3;;/h3-5,10H,2H2,1H3,(H,11,12);(H,2,3);;/q;;+1;-1. The third-order valence-electron chi connectivity index (χ3n) is 1.70. The molecule has 0 radical (unpaired) electrons. The Morgan fingerprint density at radius 1 is 1.50 bits per heavy atom. The quantitative estimate of drug-likeness (QED) is 0.344. The average molecular weight is 237 g/mol. The van der Waals surface area contributed by atoms with Crippen molar-refractivity contribution in [3.63, 3.8) is 0 Å². The molecule has 0 unspecified atom stereocenters. The number of aryl methyl sites for hydroxylation is 1. The van der Waals surface area contributed by atoms with Crippen molar-refractivity contribution >= 4 is 5.97 Å². The molecular weight excluding hydrogens is 225 g/mol. The Labute approximate surface area is 116 Å². The van der Waals surface area contributed by atoms with Crippen molar-refractivity contribution in [3.05, 3.63) is 34.2 Å². The van der Waals surface area contributed by atoms with Crippen LogP contribution in [0, 0.1) is 4.91 Å². The number of benzene rings is 1. The first-order valence-corrected chi connectivity index (χ1v) is 4.08. The first-order chi connectivity index (χ1) is 7.06. The Kier molecular flexibility index (Phi) is 9.88. The average Bonchev–Trinajstić information content (AvgIpc) is 2.18. The van der Waals surface area contributed by atoms with E-state index in [-0.39, 0.29) is 42.3 Å². The number of aromatic hydroxyl groups is 1. The zero-order valence-corrected chi connectivity index (χ0v) is 11.0. The topological polar surface area (TPSA) is 107 Å². The maximum atomic E-state index is 10.6. The van der Waals surface area contributed by atoms with Gasteiger partial charge in [-0.05, 0) is 30.2 Å². The van der Waals surface area contributed by atoms with Crippen molar-refractivity contribution in [1.29, 1.82) is 0 Å². The van der Waals surface area contributed by atoms with E-state index >= 15 is 0 Å². The van der Waals surface area contributed by atoms with Crippen LogP contribution in [0.25, 0.3) is 0 Å². The van der Waals surface area contributed by atoms with Gasteiger partial charge in [0.15, 0.2) is 5.34 Å². The first kappa shape index (κ1) is 17.3. The number of hydrogen-bond donors (Lipinski definition) is 3. The summed E-state index contributed by atoms with van der Waals surface area (Å²) in [5.74, 6) is -0.844. The molecule has 0 aliphatic carbocycles. The summed E-state index contributed by atoms with van der Waals surface area (Å²) in [6, 6.07) is 4.27. The van der Waals surface area contributed by atoms with Gasteiger partial charge in [0.05, 0.1) is 5.56 Å². The van der Waals surface area contributed by atoms with Crippen LogP contribution in [0.2, 0.25) is 0 Å². The SMILES string of the molecule is CCc1cc(O)ccc1C(=O)O.O=NO.[H-].[Na+]. The summed E-state index contributed by atoms with van der Waals surface area (Å²) in [5, 5.41) is 25.7. The molecule has 84 valence electrons. The molecule has 1 rings (SSSR count). The van der Waals surface area contributed by atoms with E-state index in [0.29, 0.717) is 12.0 Å². The minimum atomic E-state index is -0.952. The molecule has 0 aliphatic heterocycles. The molecule has 0 aromatic heterocycles. The van der Waals surface area contributed by atoms with Gasteiger partial charge in [-0.25, -0.2) is 4.79 Å². The number of phenolic OH excluding ortho intramolecular Hbond substituents is 1. The molecule has 3 N–H and O–H groups in total. The van der Waals surface area contributed by atoms with E-state index in [0.717, 1.165) is 0 Å². The van der Waals surface area contributed by atoms with E-state index in [1.165, 1.54) is 23.5 Å². The smallest absolute Gasteiger partial charge is 1.00 e. The fraction of sp³-hybridized carbons (Fsp3) is 0.222. The molecule has 0 heterocycles. The van der Waals surface area contributed by atoms with Gasteiger partial charge in [0.25, 0.3) is 0 Å². The van der Waals surface area contributed by atoms with E-state index in [2.05, 4.69) is 0 Å². The third-order valence-corrected chi connectivity index (χ3v) is 1.70. The Balaban J connectivity index is -0.000000356. The number of hydrogen-bond acceptors (Lipinski definition) is 4. The number of carboxylic acid groups (broad SMARTS) is 1. The summed E-state index contributed by atoms with van der Waals surface area (Å²) < 4.78 is 0. The van der Waals surface area contributed by atoms with Crippen LogP contribution in [0.1, 0.15) is 24.3 Å². The molecule has 16 heavy (non-hydrogen) atoms. The van der Waals surface area contributed by atoms with Gasteiger partial charge in [-0.3, -0.25) is 0 Å². The zero-order chi connectivity index (χ0) is 11.8. The molecule has 0 bridgehead atoms. The van der Waals surface area contributed by atoms with Crippen LogP contribution in [0.3, 0.4) is 0 Å². The van der Waals surface area contributed by atoms with Crippen LogP contribution >= 0.6 is 0 Å². The fourth-order valence-corrected chi connectivity index (χ4v) is 1.08. The summed E-state index contributed by atoms with van der Waals surface area (Å²) in [6.45, 7) is 1.85. The predicted octanol–water partition coefficient (Wildman–Crippen LogP) is -1.09. The van der Waals surface area contributed by atoms with E-state index < -0.39 is 5.97 Å². The van der Waals surface area contributed by atoms with Crippen molar-refractivity contribution in [2.75, 3.05) is 0 Å². The van der Waals surface area contributed by atoms with Crippen LogP contribution in [-0.4, -0.2) is 21.4 Å². The van der Waals surface area contributed by atoms with E-state index in [1.807, 2.05) is 6.92 Å². The molecule has 0 atom stereocenters. The van der Waals surface area contributed by atoms with Crippen LogP contribution in [-0.2, 0) is 6.42 Å². The largest absolute Gasteiger partial charge is 1.00 e. The number of aromatic carboxylic acids is 1. The van der Waals surface area contributed by atoms with Crippen molar-refractivity contribution in [2.24, 2.45) is 5.34 Å². The molecule has 1 aromatic carbocycles. The minimum absolute atomic E-state index is 0. The van der Waals surface area contributed by atoms with E-state index in [1.54, 1.807) is 0 Å². The Hall–Kier alpha value is -1.11. The summed E-state index contributed by atoms with van der Waals surface area (Å²) in [4.78, 5) is 18.7. The monoisotopic (exact) mass is 237 g/mol. The van der Waals surface area contributed by atoms with Crippen LogP contribution < -0.4 is 29.6 Å². The van der Waals surface area contributed by atoms with Gasteiger partial charge >= 0.3 is 35.5 Å². The van der Waals surface area contributed by atoms with Crippen molar-refractivity contribution in [1.82, 2.24) is 0 Å². The number of phenols is 1. The van der Waals surface area contributed by atoms with E-state index in [4.69, 9.17) is 20.3 Å². The van der Waals surface area contributed by atoms with Crippen molar-refractivity contribution in [2.45, 2.75) is 13.3 Å². The normalized spacial score (nSPS) is 8.06. The molecule has 0 amide bonds. The van der Waals surface area contributed by atoms with Crippen molar-refractivity contribution in [3.8, 4) is 5.75 Å². The van der Waals surface area contributed by atoms with Crippen LogP contribution in [0.5, 0.6) is 5.75 Å². The molecule has 0 aliphatic rings. The summed E-state index contributed by atoms with van der Waals surface area (Å²) in [5.41, 5.74) is 0.915. The van der Waals surface area contributed by atoms with Gasteiger partial charge in [0.1, 0.15) is 5.75 Å². The Morgan fingerprint density at radius 3 is 2.38 bits per heavy atom. The van der Waals surface area contributed by atoms with E-state index in [9.17, 15) is 4.79 Å². The Bertz CT molecular complexity index is 361. The van der Waals surface area contributed by atoms with Crippen molar-refractivity contribution < 1.29 is 51.2 Å². The summed E-state index contributed by atoms with van der Waals surface area (Å²) in [6.07, 6.45) is 0.607. The van der Waals surface area contributed by atoms with Gasteiger partial charge in [0.2, 0.25) is 0 Å². The number of rotatable bonds is 2. The number of carbonyl (C=O) groups is 1. The predicted molar refractivity (Wildman–Crippen MR) is 53.1 cm³/mol. The molecular formula is C9H12NNaO5. The molecule has 6 nitrogen and oxygen atoms in total. The van der Waals surface area contributed by atoms with Crippen LogP contribution in [0.15, 0.2) is 23.5 Å². The third kappa shape index (κ3) is 5.69. The van der Waals surface area contributed by atoms with Gasteiger partial charge < -0.3 is 16.8 Å². The van der Waals surface area contributed by atoms with Gasteiger partial charge in [-0.15, -0.1) is 4.91 Å². The zero-order valence-electron chi connectivity index (χ0n) is 10.0. The number of nitrogens with zero attached hydrogens (tertiary/aromatic N) is 1. The molecule has 0 spiro atoms. The van der Waals surface area contributed by atoms with Gasteiger partial charge in [-0.1, -0.05) is 6.92 Å². The minimum Gasteiger partial charge on any atom is -1.00 e. The molecule has 7 heteroatoms. The Morgan fingerprint density at radius 2 is 2.00 bits per heavy atom. The fourth-order valence-electron chi connectivity index (χ4n) is 1.08.